The molecule has 0 atom stereocenters. The fourth-order valence-corrected chi connectivity index (χ4v) is 1.92. The molecule has 1 heterocycles. The average Bonchev–Trinajstić information content (AvgIpc) is 2.90. The highest BCUT2D eigenvalue weighted by molar-refractivity contribution is 7.13. The maximum absolute atomic E-state index is 12.0. The molecule has 2 rings (SSSR count). The first-order chi connectivity index (χ1) is 8.79. The van der Waals surface area contributed by atoms with E-state index in [1.54, 1.807) is 12.3 Å². The van der Waals surface area contributed by atoms with Gasteiger partial charge in [0.25, 0.3) is 5.91 Å². The molecular weight excluding hydrogens is 244 g/mol. The molecule has 0 spiro atoms. The fourth-order valence-electron chi connectivity index (χ4n) is 1.40. The number of hydrogen-bond acceptors (Lipinski definition) is 3. The van der Waals surface area contributed by atoms with Crippen molar-refractivity contribution in [3.63, 3.8) is 0 Å². The molecule has 2 aromatic rings. The van der Waals surface area contributed by atoms with Gasteiger partial charge in [0.2, 0.25) is 0 Å². The van der Waals surface area contributed by atoms with Crippen molar-refractivity contribution >= 4 is 28.5 Å². The third kappa shape index (κ3) is 3.15. The summed E-state index contributed by atoms with van der Waals surface area (Å²) in [4.78, 5) is 16.0. The van der Waals surface area contributed by atoms with Crippen LogP contribution in [-0.4, -0.2) is 10.9 Å². The van der Waals surface area contributed by atoms with E-state index >= 15 is 0 Å². The van der Waals surface area contributed by atoms with Crippen LogP contribution in [0, 0.1) is 0 Å². The second kappa shape index (κ2) is 5.93. The summed E-state index contributed by atoms with van der Waals surface area (Å²) in [6.07, 6.45) is 4.97. The van der Waals surface area contributed by atoms with Crippen LogP contribution < -0.4 is 5.32 Å². The van der Waals surface area contributed by atoms with Gasteiger partial charge < -0.3 is 0 Å². The molecule has 0 radical (unpaired) electrons. The van der Waals surface area contributed by atoms with E-state index < -0.39 is 0 Å². The minimum Gasteiger partial charge on any atom is -0.298 e. The largest absolute Gasteiger partial charge is 0.298 e. The summed E-state index contributed by atoms with van der Waals surface area (Å²) in [6, 6.07) is 9.64. The van der Waals surface area contributed by atoms with Gasteiger partial charge in [0.05, 0.1) is 0 Å². The standard InChI is InChI=1S/C14H12N2OS/c1-2-12(10-11-6-4-3-5-7-11)13(17)16-14-15-8-9-18-14/h2-10H,1H2,(H,15,16,17)/b12-10-. The zero-order valence-electron chi connectivity index (χ0n) is 9.67. The van der Waals surface area contributed by atoms with Gasteiger partial charge in [-0.15, -0.1) is 11.3 Å². The Morgan fingerprint density at radius 2 is 2.11 bits per heavy atom. The molecule has 1 aromatic heterocycles. The van der Waals surface area contributed by atoms with Crippen LogP contribution in [0.1, 0.15) is 5.56 Å². The molecule has 0 fully saturated rings. The van der Waals surface area contributed by atoms with Gasteiger partial charge in [-0.25, -0.2) is 4.98 Å². The third-order valence-corrected chi connectivity index (χ3v) is 2.95. The van der Waals surface area contributed by atoms with Crippen molar-refractivity contribution in [2.24, 2.45) is 0 Å². The molecule has 0 saturated heterocycles. The Labute approximate surface area is 110 Å². The lowest BCUT2D eigenvalue weighted by Gasteiger charge is -2.02. The Morgan fingerprint density at radius 1 is 1.33 bits per heavy atom. The van der Waals surface area contributed by atoms with Crippen molar-refractivity contribution in [1.82, 2.24) is 4.98 Å². The number of aromatic nitrogens is 1. The first-order valence-corrected chi connectivity index (χ1v) is 6.27. The molecule has 0 aliphatic heterocycles. The highest BCUT2D eigenvalue weighted by atomic mass is 32.1. The van der Waals surface area contributed by atoms with Gasteiger partial charge in [0.15, 0.2) is 5.13 Å². The molecule has 18 heavy (non-hydrogen) atoms. The van der Waals surface area contributed by atoms with E-state index in [4.69, 9.17) is 0 Å². The molecule has 1 aromatic carbocycles. The van der Waals surface area contributed by atoms with Crippen LogP contribution in [-0.2, 0) is 4.79 Å². The van der Waals surface area contributed by atoms with Gasteiger partial charge >= 0.3 is 0 Å². The van der Waals surface area contributed by atoms with Crippen LogP contribution in [0.25, 0.3) is 6.08 Å². The quantitative estimate of drug-likeness (QED) is 0.673. The van der Waals surface area contributed by atoms with Crippen molar-refractivity contribution < 1.29 is 4.79 Å². The van der Waals surface area contributed by atoms with Crippen LogP contribution in [0.4, 0.5) is 5.13 Å². The van der Waals surface area contributed by atoms with E-state index in [1.807, 2.05) is 35.7 Å². The zero-order chi connectivity index (χ0) is 12.8. The van der Waals surface area contributed by atoms with E-state index in [0.717, 1.165) is 5.56 Å². The third-order valence-electron chi connectivity index (χ3n) is 2.26. The van der Waals surface area contributed by atoms with Crippen LogP contribution in [0.5, 0.6) is 0 Å². The predicted octanol–water partition coefficient (Wildman–Crippen LogP) is 3.35. The van der Waals surface area contributed by atoms with Crippen LogP contribution in [0.3, 0.4) is 0 Å². The molecule has 3 nitrogen and oxygen atoms in total. The summed E-state index contributed by atoms with van der Waals surface area (Å²) in [5.74, 6) is -0.205. The van der Waals surface area contributed by atoms with Gasteiger partial charge in [-0.1, -0.05) is 43.0 Å². The zero-order valence-corrected chi connectivity index (χ0v) is 10.5. The van der Waals surface area contributed by atoms with E-state index in [2.05, 4.69) is 16.9 Å². The molecule has 0 aliphatic rings. The van der Waals surface area contributed by atoms with E-state index in [1.165, 1.54) is 17.4 Å². The minimum atomic E-state index is -0.205. The maximum atomic E-state index is 12.0. The number of anilines is 1. The molecule has 0 aliphatic carbocycles. The second-order valence-corrected chi connectivity index (χ2v) is 4.40. The van der Waals surface area contributed by atoms with Gasteiger partial charge in [-0.2, -0.15) is 0 Å². The summed E-state index contributed by atoms with van der Waals surface area (Å²) in [6.45, 7) is 3.66. The average molecular weight is 256 g/mol. The number of nitrogens with zero attached hydrogens (tertiary/aromatic N) is 1. The van der Waals surface area contributed by atoms with Gasteiger partial charge in [-0.05, 0) is 11.6 Å². The lowest BCUT2D eigenvalue weighted by Crippen LogP contribution is -2.12. The molecule has 0 unspecified atom stereocenters. The van der Waals surface area contributed by atoms with Crippen molar-refractivity contribution in [1.29, 1.82) is 0 Å². The highest BCUT2D eigenvalue weighted by Crippen LogP contribution is 2.14. The Kier molecular flexibility index (Phi) is 4.04. The summed E-state index contributed by atoms with van der Waals surface area (Å²) < 4.78 is 0. The molecular formula is C14H12N2OS. The second-order valence-electron chi connectivity index (χ2n) is 3.51. The number of amides is 1. The van der Waals surface area contributed by atoms with Crippen LogP contribution >= 0.6 is 11.3 Å². The van der Waals surface area contributed by atoms with Crippen molar-refractivity contribution in [2.45, 2.75) is 0 Å². The van der Waals surface area contributed by atoms with Crippen molar-refractivity contribution in [3.8, 4) is 0 Å². The topological polar surface area (TPSA) is 42.0 Å². The molecule has 4 heteroatoms. The molecule has 1 amide bonds. The van der Waals surface area contributed by atoms with Gasteiger partial charge in [0, 0.05) is 17.2 Å². The summed E-state index contributed by atoms with van der Waals surface area (Å²) >= 11 is 1.38. The normalized spacial score (nSPS) is 11.0. The van der Waals surface area contributed by atoms with Gasteiger partial charge in [0.1, 0.15) is 0 Å². The fraction of sp³-hybridized carbons (Fsp3) is 0. The molecule has 1 N–H and O–H groups in total. The first-order valence-electron chi connectivity index (χ1n) is 5.39. The summed E-state index contributed by atoms with van der Waals surface area (Å²) in [5, 5.41) is 5.12. The number of carbonyl (C=O) groups is 1. The van der Waals surface area contributed by atoms with E-state index in [0.29, 0.717) is 10.7 Å². The van der Waals surface area contributed by atoms with E-state index in [-0.39, 0.29) is 5.91 Å². The Balaban J connectivity index is 2.16. The lowest BCUT2D eigenvalue weighted by atomic mass is 10.1. The summed E-state index contributed by atoms with van der Waals surface area (Å²) in [5.41, 5.74) is 1.47. The van der Waals surface area contributed by atoms with E-state index in [9.17, 15) is 4.79 Å². The number of hydrogen-bond donors (Lipinski definition) is 1. The highest BCUT2D eigenvalue weighted by Gasteiger charge is 2.07. The van der Waals surface area contributed by atoms with Crippen LogP contribution in [0.15, 0.2) is 60.1 Å². The number of carbonyl (C=O) groups excluding carboxylic acids is 1. The monoisotopic (exact) mass is 256 g/mol. The Bertz CT molecular complexity index is 559. The number of benzene rings is 1. The molecule has 90 valence electrons. The summed E-state index contributed by atoms with van der Waals surface area (Å²) in [7, 11) is 0. The van der Waals surface area contributed by atoms with Gasteiger partial charge in [-0.3, -0.25) is 10.1 Å². The minimum absolute atomic E-state index is 0.205. The number of rotatable bonds is 4. The number of nitrogens with one attached hydrogen (secondary N) is 1. The molecule has 0 saturated carbocycles. The lowest BCUT2D eigenvalue weighted by molar-refractivity contribution is -0.112. The van der Waals surface area contributed by atoms with Crippen molar-refractivity contribution in [3.05, 3.63) is 65.7 Å². The van der Waals surface area contributed by atoms with Crippen LogP contribution in [0.2, 0.25) is 0 Å². The van der Waals surface area contributed by atoms with Crippen molar-refractivity contribution in [2.75, 3.05) is 5.32 Å². The Morgan fingerprint density at radius 3 is 2.72 bits per heavy atom. The first kappa shape index (κ1) is 12.3. The molecule has 0 bridgehead atoms. The SMILES string of the molecule is C=C/C(=C/c1ccccc1)C(=O)Nc1nccs1. The number of thiazole rings is 1. The maximum Gasteiger partial charge on any atom is 0.257 e. The predicted molar refractivity (Wildman–Crippen MR) is 75.4 cm³/mol. The Hall–Kier alpha value is -2.20. The smallest absolute Gasteiger partial charge is 0.257 e.